The molecule has 0 bridgehead atoms. The van der Waals surface area contributed by atoms with Crippen molar-refractivity contribution in [1.29, 1.82) is 0 Å². The van der Waals surface area contributed by atoms with Crippen LogP contribution >= 0.6 is 0 Å². The summed E-state index contributed by atoms with van der Waals surface area (Å²) in [7, 11) is 0. The number of rotatable bonds is 3. The number of hydrogen-bond donors (Lipinski definition) is 1. The first-order valence-corrected chi connectivity index (χ1v) is 9.39. The van der Waals surface area contributed by atoms with E-state index < -0.39 is 0 Å². The van der Waals surface area contributed by atoms with Gasteiger partial charge in [-0.3, -0.25) is 0 Å². The summed E-state index contributed by atoms with van der Waals surface area (Å²) in [6.07, 6.45) is 2.69. The number of nitrogens with zero attached hydrogens (tertiary/aromatic N) is 4. The number of para-hydroxylation sites is 1. The fourth-order valence-corrected chi connectivity index (χ4v) is 3.54. The van der Waals surface area contributed by atoms with Crippen LogP contribution < -0.4 is 10.2 Å². The normalized spacial score (nSPS) is 14.0. The van der Waals surface area contributed by atoms with E-state index in [9.17, 15) is 0 Å². The predicted molar refractivity (Wildman–Crippen MR) is 109 cm³/mol. The van der Waals surface area contributed by atoms with Crippen LogP contribution in [0.5, 0.6) is 0 Å². The first kappa shape index (κ1) is 17.5. The minimum Gasteiger partial charge on any atom is -0.339 e. The molecule has 0 amide bonds. The average Bonchev–Trinajstić information content (AvgIpc) is 2.67. The smallest absolute Gasteiger partial charge is 0.247 e. The molecule has 1 aliphatic rings. The molecule has 0 saturated carbocycles. The topological polar surface area (TPSA) is 53.9 Å². The van der Waals surface area contributed by atoms with Gasteiger partial charge in [0.05, 0.1) is 6.20 Å². The van der Waals surface area contributed by atoms with Crippen molar-refractivity contribution in [2.45, 2.75) is 39.2 Å². The van der Waals surface area contributed by atoms with Gasteiger partial charge in [-0.2, -0.15) is 10.1 Å². The zero-order chi connectivity index (χ0) is 18.9. The monoisotopic (exact) mass is 359 g/mol. The van der Waals surface area contributed by atoms with Gasteiger partial charge in [-0.25, -0.2) is 0 Å². The molecule has 1 aliphatic heterocycles. The van der Waals surface area contributed by atoms with Gasteiger partial charge in [0, 0.05) is 18.8 Å². The predicted octanol–water partition coefficient (Wildman–Crippen LogP) is 4.48. The summed E-state index contributed by atoms with van der Waals surface area (Å²) in [5.74, 6) is 1.39. The lowest BCUT2D eigenvalue weighted by Crippen LogP contribution is -2.32. The van der Waals surface area contributed by atoms with E-state index in [1.54, 1.807) is 6.20 Å². The van der Waals surface area contributed by atoms with Gasteiger partial charge in [0.15, 0.2) is 5.82 Å². The quantitative estimate of drug-likeness (QED) is 0.747. The first-order valence-electron chi connectivity index (χ1n) is 9.39. The zero-order valence-corrected chi connectivity index (χ0v) is 16.1. The van der Waals surface area contributed by atoms with Crippen LogP contribution in [0.4, 0.5) is 17.5 Å². The summed E-state index contributed by atoms with van der Waals surface area (Å²) in [5.41, 5.74) is 5.10. The number of anilines is 3. The van der Waals surface area contributed by atoms with Crippen LogP contribution in [0.3, 0.4) is 0 Å². The van der Waals surface area contributed by atoms with E-state index in [4.69, 9.17) is 4.98 Å². The third-order valence-electron chi connectivity index (χ3n) is 4.96. The molecule has 0 radical (unpaired) electrons. The van der Waals surface area contributed by atoms with Gasteiger partial charge >= 0.3 is 0 Å². The Labute approximate surface area is 160 Å². The summed E-state index contributed by atoms with van der Waals surface area (Å²) in [4.78, 5) is 6.92. The summed E-state index contributed by atoms with van der Waals surface area (Å²) in [6, 6.07) is 16.9. The van der Waals surface area contributed by atoms with Crippen molar-refractivity contribution in [2.24, 2.45) is 0 Å². The Bertz CT molecular complexity index is 945. The van der Waals surface area contributed by atoms with Gasteiger partial charge in [-0.1, -0.05) is 63.2 Å². The highest BCUT2D eigenvalue weighted by atomic mass is 15.3. The summed E-state index contributed by atoms with van der Waals surface area (Å²) >= 11 is 0. The van der Waals surface area contributed by atoms with E-state index in [-0.39, 0.29) is 5.41 Å². The second kappa shape index (κ2) is 6.99. The van der Waals surface area contributed by atoms with Crippen LogP contribution in [0.1, 0.15) is 37.5 Å². The van der Waals surface area contributed by atoms with Crippen molar-refractivity contribution in [3.05, 3.63) is 71.4 Å². The fourth-order valence-electron chi connectivity index (χ4n) is 3.54. The summed E-state index contributed by atoms with van der Waals surface area (Å²) in [5, 5.41) is 11.9. The third-order valence-corrected chi connectivity index (χ3v) is 4.96. The highest BCUT2D eigenvalue weighted by Gasteiger charge is 2.20. The first-order chi connectivity index (χ1) is 13.0. The molecular formula is C22H25N5. The van der Waals surface area contributed by atoms with Crippen molar-refractivity contribution >= 4 is 17.5 Å². The second-order valence-electron chi connectivity index (χ2n) is 8.00. The lowest BCUT2D eigenvalue weighted by molar-refractivity contribution is 0.592. The number of hydrogen-bond acceptors (Lipinski definition) is 5. The van der Waals surface area contributed by atoms with E-state index in [1.165, 1.54) is 16.7 Å². The maximum atomic E-state index is 4.73. The standard InChI is InChI=1S/C22H25N5/c1-22(2,3)18-10-6-7-11-19(18)24-20-14-23-26-21(25-20)27-13-12-16-8-4-5-9-17(16)15-27/h4-11,14H,12-13,15H2,1-3H3,(H,24,25,26). The second-order valence-corrected chi connectivity index (χ2v) is 8.00. The van der Waals surface area contributed by atoms with Gasteiger partial charge in [0.2, 0.25) is 5.95 Å². The highest BCUT2D eigenvalue weighted by Crippen LogP contribution is 2.31. The maximum Gasteiger partial charge on any atom is 0.247 e. The molecule has 0 aliphatic carbocycles. The lowest BCUT2D eigenvalue weighted by atomic mass is 9.86. The third kappa shape index (κ3) is 3.77. The molecule has 1 aromatic heterocycles. The molecule has 2 heterocycles. The van der Waals surface area contributed by atoms with E-state index in [2.05, 4.69) is 83.6 Å². The zero-order valence-electron chi connectivity index (χ0n) is 16.1. The number of aromatic nitrogens is 3. The van der Waals surface area contributed by atoms with E-state index in [1.807, 2.05) is 6.07 Å². The van der Waals surface area contributed by atoms with Crippen molar-refractivity contribution in [1.82, 2.24) is 15.2 Å². The Balaban J connectivity index is 1.58. The number of nitrogens with one attached hydrogen (secondary N) is 1. The van der Waals surface area contributed by atoms with Crippen LogP contribution in [0.2, 0.25) is 0 Å². The molecule has 0 saturated heterocycles. The number of fused-ring (bicyclic) bond motifs is 1. The van der Waals surface area contributed by atoms with Gasteiger partial charge in [-0.15, -0.1) is 5.10 Å². The van der Waals surface area contributed by atoms with E-state index in [0.29, 0.717) is 5.95 Å². The molecule has 0 spiro atoms. The molecule has 5 nitrogen and oxygen atoms in total. The molecule has 2 aromatic carbocycles. The Hall–Kier alpha value is -2.95. The molecule has 4 rings (SSSR count). The minimum absolute atomic E-state index is 0.0451. The molecule has 3 aromatic rings. The van der Waals surface area contributed by atoms with Gasteiger partial charge in [0.1, 0.15) is 0 Å². The number of benzene rings is 2. The van der Waals surface area contributed by atoms with Crippen molar-refractivity contribution < 1.29 is 0 Å². The minimum atomic E-state index is 0.0451. The van der Waals surface area contributed by atoms with Gasteiger partial charge in [-0.05, 0) is 34.6 Å². The molecule has 5 heteroatoms. The lowest BCUT2D eigenvalue weighted by Gasteiger charge is -2.28. The van der Waals surface area contributed by atoms with Crippen molar-refractivity contribution in [2.75, 3.05) is 16.8 Å². The summed E-state index contributed by atoms with van der Waals surface area (Å²) < 4.78 is 0. The Morgan fingerprint density at radius 2 is 1.70 bits per heavy atom. The average molecular weight is 359 g/mol. The van der Waals surface area contributed by atoms with Gasteiger partial charge < -0.3 is 10.2 Å². The van der Waals surface area contributed by atoms with Crippen LogP contribution in [0, 0.1) is 0 Å². The SMILES string of the molecule is CC(C)(C)c1ccccc1Nc1cnnc(N2CCc3ccccc3C2)n1. The molecule has 1 N–H and O–H groups in total. The van der Waals surface area contributed by atoms with Crippen molar-refractivity contribution in [3.8, 4) is 0 Å². The summed E-state index contributed by atoms with van der Waals surface area (Å²) in [6.45, 7) is 8.35. The Kier molecular flexibility index (Phi) is 4.52. The van der Waals surface area contributed by atoms with Crippen LogP contribution in [-0.4, -0.2) is 21.7 Å². The molecule has 138 valence electrons. The van der Waals surface area contributed by atoms with Crippen LogP contribution in [0.25, 0.3) is 0 Å². The van der Waals surface area contributed by atoms with E-state index in [0.717, 1.165) is 31.0 Å². The maximum absolute atomic E-state index is 4.73. The molecule has 0 unspecified atom stereocenters. The molecule has 27 heavy (non-hydrogen) atoms. The largest absolute Gasteiger partial charge is 0.339 e. The molecule has 0 fully saturated rings. The van der Waals surface area contributed by atoms with Gasteiger partial charge in [0.25, 0.3) is 0 Å². The molecular weight excluding hydrogens is 334 g/mol. The van der Waals surface area contributed by atoms with E-state index >= 15 is 0 Å². The fraction of sp³-hybridized carbons (Fsp3) is 0.318. The highest BCUT2D eigenvalue weighted by molar-refractivity contribution is 5.62. The van der Waals surface area contributed by atoms with Crippen molar-refractivity contribution in [3.63, 3.8) is 0 Å². The molecule has 0 atom stereocenters. The Morgan fingerprint density at radius 1 is 0.963 bits per heavy atom. The van der Waals surface area contributed by atoms with Crippen LogP contribution in [-0.2, 0) is 18.4 Å². The van der Waals surface area contributed by atoms with Crippen LogP contribution in [0.15, 0.2) is 54.7 Å². The Morgan fingerprint density at radius 3 is 2.52 bits per heavy atom.